The standard InChI is InChI=1S/C21H25NO6S/c1-4-26-18-8-6-15(12-19(18)27-5-2)21(25)28-13-17(24)20-9-7-16(29-20)10-11-22-14(3)23/h6-9,12H,4-5,10-11,13H2,1-3H3,(H,22,23). The van der Waals surface area contributed by atoms with E-state index in [1.54, 1.807) is 24.3 Å². The molecule has 0 fully saturated rings. The molecule has 0 radical (unpaired) electrons. The van der Waals surface area contributed by atoms with Crippen molar-refractivity contribution in [1.82, 2.24) is 5.32 Å². The van der Waals surface area contributed by atoms with Crippen LogP contribution in [0.5, 0.6) is 11.5 Å². The number of carbonyl (C=O) groups is 3. The number of carbonyl (C=O) groups excluding carboxylic acids is 3. The van der Waals surface area contributed by atoms with Crippen LogP contribution in [0.25, 0.3) is 0 Å². The van der Waals surface area contributed by atoms with E-state index in [4.69, 9.17) is 14.2 Å². The summed E-state index contributed by atoms with van der Waals surface area (Å²) in [5.74, 6) is 0.0333. The number of benzene rings is 1. The highest BCUT2D eigenvalue weighted by molar-refractivity contribution is 7.14. The third-order valence-corrected chi connectivity index (χ3v) is 4.98. The molecule has 1 heterocycles. The van der Waals surface area contributed by atoms with Gasteiger partial charge >= 0.3 is 5.97 Å². The second-order valence-electron chi connectivity index (χ2n) is 6.03. The summed E-state index contributed by atoms with van der Waals surface area (Å²) >= 11 is 1.33. The molecule has 0 saturated carbocycles. The van der Waals surface area contributed by atoms with E-state index in [0.29, 0.717) is 42.6 Å². The molecule has 0 unspecified atom stereocenters. The Labute approximate surface area is 174 Å². The fourth-order valence-electron chi connectivity index (χ4n) is 2.49. The highest BCUT2D eigenvalue weighted by atomic mass is 32.1. The maximum atomic E-state index is 12.3. The fraction of sp³-hybridized carbons (Fsp3) is 0.381. The van der Waals surface area contributed by atoms with Crippen LogP contribution in [0.1, 0.15) is 45.7 Å². The Morgan fingerprint density at radius 3 is 2.41 bits per heavy atom. The van der Waals surface area contributed by atoms with Crippen LogP contribution in [0.4, 0.5) is 0 Å². The maximum Gasteiger partial charge on any atom is 0.338 e. The lowest BCUT2D eigenvalue weighted by atomic mass is 10.2. The molecule has 1 N–H and O–H groups in total. The zero-order chi connectivity index (χ0) is 21.2. The number of nitrogens with one attached hydrogen (secondary N) is 1. The molecule has 8 heteroatoms. The first-order valence-electron chi connectivity index (χ1n) is 9.37. The lowest BCUT2D eigenvalue weighted by Gasteiger charge is -2.12. The van der Waals surface area contributed by atoms with E-state index in [-0.39, 0.29) is 23.9 Å². The molecule has 0 spiro atoms. The van der Waals surface area contributed by atoms with Gasteiger partial charge in [0.25, 0.3) is 0 Å². The Hall–Kier alpha value is -2.87. The SMILES string of the molecule is CCOc1ccc(C(=O)OCC(=O)c2ccc(CCNC(C)=O)s2)cc1OCC. The summed E-state index contributed by atoms with van der Waals surface area (Å²) in [5.41, 5.74) is 0.284. The van der Waals surface area contributed by atoms with Gasteiger partial charge in [0, 0.05) is 18.3 Å². The molecule has 0 saturated heterocycles. The zero-order valence-corrected chi connectivity index (χ0v) is 17.6. The van der Waals surface area contributed by atoms with Crippen LogP contribution in [0.2, 0.25) is 0 Å². The number of amides is 1. The molecule has 1 aromatic carbocycles. The summed E-state index contributed by atoms with van der Waals surface area (Å²) in [6, 6.07) is 8.31. The van der Waals surface area contributed by atoms with E-state index in [9.17, 15) is 14.4 Å². The van der Waals surface area contributed by atoms with Crippen molar-refractivity contribution in [3.05, 3.63) is 45.6 Å². The van der Waals surface area contributed by atoms with Gasteiger partial charge in [-0.05, 0) is 50.6 Å². The minimum Gasteiger partial charge on any atom is -0.490 e. The predicted molar refractivity (Wildman–Crippen MR) is 110 cm³/mol. The van der Waals surface area contributed by atoms with Crippen LogP contribution in [0, 0.1) is 0 Å². The number of ketones is 1. The zero-order valence-electron chi connectivity index (χ0n) is 16.8. The van der Waals surface area contributed by atoms with Gasteiger partial charge in [0.15, 0.2) is 18.1 Å². The molecule has 1 aromatic heterocycles. The Bertz CT molecular complexity index is 861. The van der Waals surface area contributed by atoms with Crippen molar-refractivity contribution in [2.45, 2.75) is 27.2 Å². The highest BCUT2D eigenvalue weighted by Crippen LogP contribution is 2.29. The van der Waals surface area contributed by atoms with Gasteiger partial charge in [-0.3, -0.25) is 9.59 Å². The van der Waals surface area contributed by atoms with Gasteiger partial charge in [-0.25, -0.2) is 4.79 Å². The second kappa shape index (κ2) is 11.2. The largest absolute Gasteiger partial charge is 0.490 e. The van der Waals surface area contributed by atoms with E-state index in [0.717, 1.165) is 4.88 Å². The molecule has 0 aliphatic heterocycles. The number of thiophene rings is 1. The maximum absolute atomic E-state index is 12.3. The van der Waals surface area contributed by atoms with Gasteiger partial charge in [0.2, 0.25) is 11.7 Å². The minimum atomic E-state index is -0.607. The first-order chi connectivity index (χ1) is 13.9. The van der Waals surface area contributed by atoms with Gasteiger partial charge in [-0.2, -0.15) is 0 Å². The van der Waals surface area contributed by atoms with Crippen LogP contribution in [-0.4, -0.2) is 44.0 Å². The topological polar surface area (TPSA) is 90.9 Å². The van der Waals surface area contributed by atoms with Crippen molar-refractivity contribution in [3.8, 4) is 11.5 Å². The molecule has 0 aliphatic carbocycles. The quantitative estimate of drug-likeness (QED) is 0.444. The number of hydrogen-bond donors (Lipinski definition) is 1. The summed E-state index contributed by atoms with van der Waals surface area (Å²) in [6.45, 7) is 6.23. The van der Waals surface area contributed by atoms with E-state index in [2.05, 4.69) is 5.32 Å². The smallest absolute Gasteiger partial charge is 0.338 e. The third kappa shape index (κ3) is 6.90. The van der Waals surface area contributed by atoms with Crippen LogP contribution in [-0.2, 0) is 16.0 Å². The van der Waals surface area contributed by atoms with E-state index in [1.807, 2.05) is 19.9 Å². The molecular weight excluding hydrogens is 394 g/mol. The lowest BCUT2D eigenvalue weighted by Crippen LogP contribution is -2.22. The van der Waals surface area contributed by atoms with E-state index < -0.39 is 5.97 Å². The van der Waals surface area contributed by atoms with Crippen molar-refractivity contribution >= 4 is 29.0 Å². The molecule has 156 valence electrons. The fourth-order valence-corrected chi connectivity index (χ4v) is 3.42. The highest BCUT2D eigenvalue weighted by Gasteiger charge is 2.16. The molecule has 2 rings (SSSR count). The Balaban J connectivity index is 1.93. The van der Waals surface area contributed by atoms with Gasteiger partial charge in [0.1, 0.15) is 0 Å². The average molecular weight is 419 g/mol. The molecule has 7 nitrogen and oxygen atoms in total. The number of Topliss-reactive ketones (excluding diaryl/α,β-unsaturated/α-hetero) is 1. The molecule has 1 amide bonds. The van der Waals surface area contributed by atoms with Crippen LogP contribution in [0.3, 0.4) is 0 Å². The monoisotopic (exact) mass is 419 g/mol. The first kappa shape index (κ1) is 22.4. The molecule has 2 aromatic rings. The summed E-state index contributed by atoms with van der Waals surface area (Å²) in [6.07, 6.45) is 0.643. The third-order valence-electron chi connectivity index (χ3n) is 3.80. The number of rotatable bonds is 11. The van der Waals surface area contributed by atoms with E-state index in [1.165, 1.54) is 18.3 Å². The van der Waals surface area contributed by atoms with Gasteiger partial charge in [-0.1, -0.05) is 0 Å². The second-order valence-corrected chi connectivity index (χ2v) is 7.19. The van der Waals surface area contributed by atoms with Gasteiger partial charge in [-0.15, -0.1) is 11.3 Å². The summed E-state index contributed by atoms with van der Waals surface area (Å²) in [5, 5.41) is 2.71. The van der Waals surface area contributed by atoms with Crippen molar-refractivity contribution in [2.24, 2.45) is 0 Å². The molecule has 0 atom stereocenters. The Morgan fingerprint density at radius 1 is 1.00 bits per heavy atom. The molecule has 0 aliphatic rings. The van der Waals surface area contributed by atoms with Crippen LogP contribution in [0.15, 0.2) is 30.3 Å². The summed E-state index contributed by atoms with van der Waals surface area (Å²) in [7, 11) is 0. The number of hydrogen-bond acceptors (Lipinski definition) is 7. The number of ether oxygens (including phenoxy) is 3. The lowest BCUT2D eigenvalue weighted by molar-refractivity contribution is -0.118. The van der Waals surface area contributed by atoms with Gasteiger partial charge < -0.3 is 19.5 Å². The minimum absolute atomic E-state index is 0.0912. The molecule has 29 heavy (non-hydrogen) atoms. The molecular formula is C21H25NO6S. The molecule has 0 bridgehead atoms. The first-order valence-corrected chi connectivity index (χ1v) is 10.2. The van der Waals surface area contributed by atoms with Crippen molar-refractivity contribution in [1.29, 1.82) is 0 Å². The summed E-state index contributed by atoms with van der Waals surface area (Å²) in [4.78, 5) is 37.0. The Kier molecular flexibility index (Phi) is 8.67. The normalized spacial score (nSPS) is 10.3. The van der Waals surface area contributed by atoms with Crippen molar-refractivity contribution in [3.63, 3.8) is 0 Å². The number of esters is 1. The van der Waals surface area contributed by atoms with Gasteiger partial charge in [0.05, 0.1) is 23.7 Å². The van der Waals surface area contributed by atoms with Crippen molar-refractivity contribution < 1.29 is 28.6 Å². The van der Waals surface area contributed by atoms with Crippen LogP contribution < -0.4 is 14.8 Å². The summed E-state index contributed by atoms with van der Waals surface area (Å²) < 4.78 is 16.1. The van der Waals surface area contributed by atoms with Crippen molar-refractivity contribution in [2.75, 3.05) is 26.4 Å². The van der Waals surface area contributed by atoms with E-state index >= 15 is 0 Å². The predicted octanol–water partition coefficient (Wildman–Crippen LogP) is 3.26. The van der Waals surface area contributed by atoms with Crippen LogP contribution >= 0.6 is 11.3 Å². The average Bonchev–Trinajstić information content (AvgIpc) is 3.16. The Morgan fingerprint density at radius 2 is 1.72 bits per heavy atom.